The smallest absolute Gasteiger partial charge is 0.184 e. The maximum atomic E-state index is 9.32. The number of fused-ring (bicyclic) bond motifs is 1. The molecule has 1 aromatic rings. The minimum atomic E-state index is -0.982. The maximum absolute atomic E-state index is 9.32. The van der Waals surface area contributed by atoms with E-state index in [9.17, 15) is 5.11 Å². The van der Waals surface area contributed by atoms with Crippen molar-refractivity contribution in [2.45, 2.75) is 12.6 Å². The lowest BCUT2D eigenvalue weighted by molar-refractivity contribution is 0.0452. The van der Waals surface area contributed by atoms with Crippen LogP contribution in [0.25, 0.3) is 0 Å². The molecule has 1 aliphatic heterocycles. The van der Waals surface area contributed by atoms with Crippen LogP contribution in [0.3, 0.4) is 0 Å². The summed E-state index contributed by atoms with van der Waals surface area (Å²) in [5.41, 5.74) is 0.391. The van der Waals surface area contributed by atoms with E-state index in [4.69, 9.17) is 5.11 Å². The van der Waals surface area contributed by atoms with Gasteiger partial charge in [-0.3, -0.25) is 4.98 Å². The number of aliphatic hydroxyl groups excluding tert-OH is 2. The van der Waals surface area contributed by atoms with Gasteiger partial charge in [0.25, 0.3) is 0 Å². The first kappa shape index (κ1) is 7.41. The summed E-state index contributed by atoms with van der Waals surface area (Å²) in [6.07, 6.45) is 1.01. The fourth-order valence-electron chi connectivity index (χ4n) is 1.06. The van der Waals surface area contributed by atoms with E-state index in [0.717, 1.165) is 0 Å². The van der Waals surface area contributed by atoms with Crippen molar-refractivity contribution in [1.82, 2.24) is 15.3 Å². The van der Waals surface area contributed by atoms with Gasteiger partial charge in [0.1, 0.15) is 5.69 Å². The molecule has 1 aliphatic rings. The van der Waals surface area contributed by atoms with Crippen molar-refractivity contribution in [2.75, 3.05) is 5.32 Å². The topological polar surface area (TPSA) is 90.3 Å². The lowest BCUT2D eigenvalue weighted by Gasteiger charge is -2.26. The average molecular weight is 168 g/mol. The summed E-state index contributed by atoms with van der Waals surface area (Å²) >= 11 is 0. The molecule has 12 heavy (non-hydrogen) atoms. The van der Waals surface area contributed by atoms with Crippen molar-refractivity contribution in [3.63, 3.8) is 0 Å². The van der Waals surface area contributed by atoms with E-state index in [1.807, 2.05) is 0 Å². The van der Waals surface area contributed by atoms with E-state index in [-0.39, 0.29) is 0 Å². The average Bonchev–Trinajstić information content (AvgIpc) is 2.04. The van der Waals surface area contributed by atoms with E-state index in [0.29, 0.717) is 11.5 Å². The summed E-state index contributed by atoms with van der Waals surface area (Å²) in [6, 6.07) is 0. The van der Waals surface area contributed by atoms with Crippen LogP contribution in [0.1, 0.15) is 11.9 Å². The highest BCUT2D eigenvalue weighted by molar-refractivity contribution is 5.42. The molecule has 0 saturated heterocycles. The van der Waals surface area contributed by atoms with Crippen molar-refractivity contribution in [3.05, 3.63) is 18.1 Å². The second-order valence-electron chi connectivity index (χ2n) is 2.41. The molecule has 0 fully saturated rings. The van der Waals surface area contributed by atoms with Gasteiger partial charge in [-0.2, -0.15) is 0 Å². The maximum Gasteiger partial charge on any atom is 0.184 e. The van der Waals surface area contributed by atoms with Gasteiger partial charge in [0.05, 0.1) is 0 Å². The van der Waals surface area contributed by atoms with Crippen molar-refractivity contribution < 1.29 is 10.2 Å². The van der Waals surface area contributed by atoms with Crippen LogP contribution in [-0.2, 0) is 0 Å². The molecule has 64 valence electrons. The summed E-state index contributed by atoms with van der Waals surface area (Å²) in [5, 5.41) is 23.4. The van der Waals surface area contributed by atoms with E-state index in [1.165, 1.54) is 12.4 Å². The zero-order valence-corrected chi connectivity index (χ0v) is 6.10. The zero-order chi connectivity index (χ0) is 8.55. The molecule has 1 aromatic heterocycles. The van der Waals surface area contributed by atoms with Crippen molar-refractivity contribution in [2.24, 2.45) is 0 Å². The third-order valence-electron chi connectivity index (χ3n) is 1.57. The van der Waals surface area contributed by atoms with Crippen molar-refractivity contribution in [1.29, 1.82) is 0 Å². The molecule has 0 saturated carbocycles. The Morgan fingerprint density at radius 1 is 1.25 bits per heavy atom. The van der Waals surface area contributed by atoms with Gasteiger partial charge in [-0.1, -0.05) is 0 Å². The fourth-order valence-corrected chi connectivity index (χ4v) is 1.06. The Bertz CT molecular complexity index is 293. The number of nitrogens with one attached hydrogen (secondary N) is 2. The van der Waals surface area contributed by atoms with Gasteiger partial charge < -0.3 is 15.5 Å². The van der Waals surface area contributed by atoms with Gasteiger partial charge in [0.15, 0.2) is 18.4 Å². The Morgan fingerprint density at radius 3 is 2.83 bits per heavy atom. The normalized spacial score (nSPS) is 27.5. The van der Waals surface area contributed by atoms with Crippen LogP contribution in [0, 0.1) is 0 Å². The second kappa shape index (κ2) is 2.67. The molecule has 2 atom stereocenters. The third kappa shape index (κ3) is 1.11. The molecule has 2 heterocycles. The molecule has 6 heteroatoms. The lowest BCUT2D eigenvalue weighted by Crippen LogP contribution is -2.43. The minimum Gasteiger partial charge on any atom is -0.372 e. The number of nitrogens with zero attached hydrogens (tertiary/aromatic N) is 2. The fraction of sp³-hybridized carbons (Fsp3) is 0.333. The predicted octanol–water partition coefficient (Wildman–Crippen LogP) is -1.24. The summed E-state index contributed by atoms with van der Waals surface area (Å²) in [7, 11) is 0. The molecule has 0 aromatic carbocycles. The van der Waals surface area contributed by atoms with Crippen LogP contribution in [-0.4, -0.2) is 26.5 Å². The number of rotatable bonds is 0. The number of aliphatic hydroxyl groups is 2. The molecule has 0 aliphatic carbocycles. The van der Waals surface area contributed by atoms with Gasteiger partial charge in [0, 0.05) is 12.4 Å². The largest absolute Gasteiger partial charge is 0.372 e. The van der Waals surface area contributed by atoms with Gasteiger partial charge >= 0.3 is 0 Å². The summed E-state index contributed by atoms with van der Waals surface area (Å²) in [4.78, 5) is 7.77. The highest BCUT2D eigenvalue weighted by Gasteiger charge is 2.23. The van der Waals surface area contributed by atoms with Gasteiger partial charge in [0.2, 0.25) is 0 Å². The highest BCUT2D eigenvalue weighted by atomic mass is 16.3. The predicted molar refractivity (Wildman–Crippen MR) is 39.8 cm³/mol. The number of anilines is 1. The SMILES string of the molecule is OC1Nc2nccnc2C(O)N1. The first-order chi connectivity index (χ1) is 5.77. The quantitative estimate of drug-likeness (QED) is 0.387. The van der Waals surface area contributed by atoms with Gasteiger partial charge in [-0.05, 0) is 0 Å². The van der Waals surface area contributed by atoms with Crippen LogP contribution in [0.4, 0.5) is 5.82 Å². The second-order valence-corrected chi connectivity index (χ2v) is 2.41. The molecule has 4 N–H and O–H groups in total. The first-order valence-electron chi connectivity index (χ1n) is 3.47. The third-order valence-corrected chi connectivity index (χ3v) is 1.57. The van der Waals surface area contributed by atoms with E-state index in [2.05, 4.69) is 20.6 Å². The molecular weight excluding hydrogens is 160 g/mol. The number of hydrogen-bond donors (Lipinski definition) is 4. The van der Waals surface area contributed by atoms with Gasteiger partial charge in [-0.15, -0.1) is 0 Å². The lowest BCUT2D eigenvalue weighted by atomic mass is 10.3. The molecule has 0 bridgehead atoms. The molecule has 2 rings (SSSR count). The highest BCUT2D eigenvalue weighted by Crippen LogP contribution is 2.19. The van der Waals surface area contributed by atoms with E-state index >= 15 is 0 Å². The molecule has 0 spiro atoms. The molecular formula is C6H8N4O2. The van der Waals surface area contributed by atoms with Crippen LogP contribution < -0.4 is 10.6 Å². The van der Waals surface area contributed by atoms with Crippen LogP contribution in [0.2, 0.25) is 0 Å². The van der Waals surface area contributed by atoms with Crippen LogP contribution >= 0.6 is 0 Å². The first-order valence-corrected chi connectivity index (χ1v) is 3.47. The standard InChI is InChI=1S/C6H8N4O2/c11-5-3-4(8-2-1-7-3)9-6(12)10-5/h1-2,5-6,10-12H,(H,8,9). The summed E-state index contributed by atoms with van der Waals surface area (Å²) in [5.74, 6) is 0.399. The van der Waals surface area contributed by atoms with Crippen LogP contribution in [0.5, 0.6) is 0 Å². The Morgan fingerprint density at radius 2 is 2.00 bits per heavy atom. The Balaban J connectivity index is 2.40. The summed E-state index contributed by atoms with van der Waals surface area (Å²) < 4.78 is 0. The van der Waals surface area contributed by atoms with Crippen LogP contribution in [0.15, 0.2) is 12.4 Å². The molecule has 0 radical (unpaired) electrons. The Hall–Kier alpha value is -1.24. The Kier molecular flexibility index (Phi) is 1.65. The number of hydrogen-bond acceptors (Lipinski definition) is 6. The number of aromatic nitrogens is 2. The van der Waals surface area contributed by atoms with Crippen molar-refractivity contribution in [3.8, 4) is 0 Å². The molecule has 2 unspecified atom stereocenters. The van der Waals surface area contributed by atoms with Crippen molar-refractivity contribution >= 4 is 5.82 Å². The molecule has 6 nitrogen and oxygen atoms in total. The van der Waals surface area contributed by atoms with Gasteiger partial charge in [-0.25, -0.2) is 10.3 Å². The van der Waals surface area contributed by atoms with E-state index < -0.39 is 12.6 Å². The van der Waals surface area contributed by atoms with E-state index in [1.54, 1.807) is 0 Å². The minimum absolute atomic E-state index is 0.391. The zero-order valence-electron chi connectivity index (χ0n) is 6.10. The monoisotopic (exact) mass is 168 g/mol. The molecule has 0 amide bonds. The summed E-state index contributed by atoms with van der Waals surface area (Å²) in [6.45, 7) is 0. The Labute approximate surface area is 68.3 Å².